The molecular weight excluding hydrogens is 274 g/mol. The number of ether oxygens (including phenoxy) is 1. The molecule has 0 saturated carbocycles. The fourth-order valence-corrected chi connectivity index (χ4v) is 2.24. The quantitative estimate of drug-likeness (QED) is 0.895. The molecule has 0 aliphatic carbocycles. The molecule has 0 fully saturated rings. The zero-order valence-electron chi connectivity index (χ0n) is 13.6. The van der Waals surface area contributed by atoms with Crippen LogP contribution >= 0.6 is 0 Å². The van der Waals surface area contributed by atoms with Crippen molar-refractivity contribution in [2.24, 2.45) is 0 Å². The minimum absolute atomic E-state index is 0.149. The first-order valence-electron chi connectivity index (χ1n) is 7.63. The van der Waals surface area contributed by atoms with E-state index in [1.165, 1.54) is 11.1 Å². The average molecular weight is 297 g/mol. The van der Waals surface area contributed by atoms with E-state index in [1.807, 2.05) is 56.3 Å². The van der Waals surface area contributed by atoms with Gasteiger partial charge in [0.15, 0.2) is 6.10 Å². The highest BCUT2D eigenvalue weighted by molar-refractivity contribution is 5.94. The van der Waals surface area contributed by atoms with Crippen molar-refractivity contribution in [3.05, 3.63) is 59.2 Å². The molecule has 1 N–H and O–H groups in total. The van der Waals surface area contributed by atoms with Crippen LogP contribution in [-0.4, -0.2) is 12.0 Å². The molecule has 2 aromatic rings. The Bertz CT molecular complexity index is 647. The Morgan fingerprint density at radius 1 is 1.14 bits per heavy atom. The van der Waals surface area contributed by atoms with Gasteiger partial charge in [-0.2, -0.15) is 0 Å². The maximum Gasteiger partial charge on any atom is 0.265 e. The lowest BCUT2D eigenvalue weighted by molar-refractivity contribution is -0.122. The molecule has 1 atom stereocenters. The Morgan fingerprint density at radius 3 is 2.41 bits per heavy atom. The summed E-state index contributed by atoms with van der Waals surface area (Å²) < 4.78 is 5.77. The first-order valence-corrected chi connectivity index (χ1v) is 7.63. The zero-order valence-corrected chi connectivity index (χ0v) is 13.6. The highest BCUT2D eigenvalue weighted by atomic mass is 16.5. The third-order valence-electron chi connectivity index (χ3n) is 3.63. The maximum atomic E-state index is 12.2. The number of hydrogen-bond donors (Lipinski definition) is 1. The van der Waals surface area contributed by atoms with E-state index in [4.69, 9.17) is 4.74 Å². The number of aryl methyl sites for hydroxylation is 3. The minimum Gasteiger partial charge on any atom is -0.481 e. The van der Waals surface area contributed by atoms with Crippen LogP contribution in [0.5, 0.6) is 5.75 Å². The van der Waals surface area contributed by atoms with Gasteiger partial charge in [-0.25, -0.2) is 0 Å². The molecular formula is C19H23NO2. The predicted molar refractivity (Wildman–Crippen MR) is 90.5 cm³/mol. The highest BCUT2D eigenvalue weighted by Crippen LogP contribution is 2.20. The van der Waals surface area contributed by atoms with Gasteiger partial charge in [0.2, 0.25) is 0 Å². The second-order valence-electron chi connectivity index (χ2n) is 5.57. The Kier molecular flexibility index (Phi) is 5.21. The molecule has 0 heterocycles. The second-order valence-corrected chi connectivity index (χ2v) is 5.57. The van der Waals surface area contributed by atoms with E-state index < -0.39 is 6.10 Å². The van der Waals surface area contributed by atoms with Gasteiger partial charge in [0.1, 0.15) is 5.75 Å². The summed E-state index contributed by atoms with van der Waals surface area (Å²) in [5.41, 5.74) is 4.25. The number of rotatable bonds is 5. The number of anilines is 1. The van der Waals surface area contributed by atoms with Crippen LogP contribution in [-0.2, 0) is 11.2 Å². The highest BCUT2D eigenvalue weighted by Gasteiger charge is 2.15. The molecule has 2 rings (SSSR count). The standard InChI is InChI=1S/C19H23NO2/c1-5-16-7-9-17(10-8-16)20-19(21)15(4)22-18-11-6-13(2)12-14(18)3/h6-12,15H,5H2,1-4H3,(H,20,21). The van der Waals surface area contributed by atoms with E-state index in [0.717, 1.165) is 23.4 Å². The predicted octanol–water partition coefficient (Wildman–Crippen LogP) is 4.27. The van der Waals surface area contributed by atoms with Crippen molar-refractivity contribution in [2.45, 2.75) is 40.2 Å². The minimum atomic E-state index is -0.549. The Morgan fingerprint density at radius 2 is 1.82 bits per heavy atom. The number of carbonyl (C=O) groups is 1. The molecule has 0 aliphatic rings. The normalized spacial score (nSPS) is 11.8. The molecule has 116 valence electrons. The number of hydrogen-bond acceptors (Lipinski definition) is 2. The molecule has 1 unspecified atom stereocenters. The molecule has 0 saturated heterocycles. The van der Waals surface area contributed by atoms with Crippen molar-refractivity contribution in [3.8, 4) is 5.75 Å². The summed E-state index contributed by atoms with van der Waals surface area (Å²) in [6.45, 7) is 7.88. The van der Waals surface area contributed by atoms with Gasteiger partial charge in [-0.15, -0.1) is 0 Å². The van der Waals surface area contributed by atoms with Crippen molar-refractivity contribution < 1.29 is 9.53 Å². The van der Waals surface area contributed by atoms with Gasteiger partial charge < -0.3 is 10.1 Å². The number of amides is 1. The summed E-state index contributed by atoms with van der Waals surface area (Å²) in [6.07, 6.45) is 0.438. The van der Waals surface area contributed by atoms with Gasteiger partial charge in [0, 0.05) is 5.69 Å². The van der Waals surface area contributed by atoms with Gasteiger partial charge >= 0.3 is 0 Å². The third kappa shape index (κ3) is 4.10. The lowest BCUT2D eigenvalue weighted by Crippen LogP contribution is -2.30. The van der Waals surface area contributed by atoms with E-state index in [9.17, 15) is 4.79 Å². The van der Waals surface area contributed by atoms with Crippen LogP contribution in [0.4, 0.5) is 5.69 Å². The van der Waals surface area contributed by atoms with E-state index in [-0.39, 0.29) is 5.91 Å². The lowest BCUT2D eigenvalue weighted by atomic mass is 10.1. The molecule has 1 amide bonds. The van der Waals surface area contributed by atoms with Crippen molar-refractivity contribution in [1.82, 2.24) is 0 Å². The van der Waals surface area contributed by atoms with Gasteiger partial charge in [0.05, 0.1) is 0 Å². The van der Waals surface area contributed by atoms with Crippen LogP contribution in [0.15, 0.2) is 42.5 Å². The van der Waals surface area contributed by atoms with Crippen LogP contribution in [0.3, 0.4) is 0 Å². The molecule has 2 aromatic carbocycles. The van der Waals surface area contributed by atoms with Crippen LogP contribution in [0.25, 0.3) is 0 Å². The zero-order chi connectivity index (χ0) is 16.1. The van der Waals surface area contributed by atoms with Gasteiger partial charge in [0.25, 0.3) is 5.91 Å². The molecule has 0 radical (unpaired) electrons. The summed E-state index contributed by atoms with van der Waals surface area (Å²) >= 11 is 0. The molecule has 0 spiro atoms. The third-order valence-corrected chi connectivity index (χ3v) is 3.63. The molecule has 0 bridgehead atoms. The first-order chi connectivity index (χ1) is 10.5. The van der Waals surface area contributed by atoms with E-state index in [0.29, 0.717) is 0 Å². The Balaban J connectivity index is 1.99. The summed E-state index contributed by atoms with van der Waals surface area (Å²) in [7, 11) is 0. The molecule has 3 heteroatoms. The van der Waals surface area contributed by atoms with Crippen molar-refractivity contribution >= 4 is 11.6 Å². The van der Waals surface area contributed by atoms with Crippen LogP contribution in [0, 0.1) is 13.8 Å². The van der Waals surface area contributed by atoms with Crippen molar-refractivity contribution in [3.63, 3.8) is 0 Å². The number of benzene rings is 2. The van der Waals surface area contributed by atoms with E-state index in [1.54, 1.807) is 6.92 Å². The van der Waals surface area contributed by atoms with Gasteiger partial charge in [-0.1, -0.05) is 36.8 Å². The lowest BCUT2D eigenvalue weighted by Gasteiger charge is -2.16. The van der Waals surface area contributed by atoms with Crippen molar-refractivity contribution in [1.29, 1.82) is 0 Å². The molecule has 0 aliphatic heterocycles. The number of carbonyl (C=O) groups excluding carboxylic acids is 1. The maximum absolute atomic E-state index is 12.2. The summed E-state index contributed by atoms with van der Waals surface area (Å²) in [4.78, 5) is 12.2. The molecule has 3 nitrogen and oxygen atoms in total. The van der Waals surface area contributed by atoms with E-state index in [2.05, 4.69) is 12.2 Å². The fraction of sp³-hybridized carbons (Fsp3) is 0.316. The smallest absolute Gasteiger partial charge is 0.265 e. The van der Waals surface area contributed by atoms with Crippen LogP contribution < -0.4 is 10.1 Å². The Labute approximate surface area is 132 Å². The topological polar surface area (TPSA) is 38.3 Å². The van der Waals surface area contributed by atoms with Crippen LogP contribution in [0.2, 0.25) is 0 Å². The van der Waals surface area contributed by atoms with E-state index >= 15 is 0 Å². The fourth-order valence-electron chi connectivity index (χ4n) is 2.24. The summed E-state index contributed by atoms with van der Waals surface area (Å²) in [5.74, 6) is 0.596. The molecule has 0 aromatic heterocycles. The summed E-state index contributed by atoms with van der Waals surface area (Å²) in [6, 6.07) is 13.8. The first kappa shape index (κ1) is 16.1. The average Bonchev–Trinajstić information content (AvgIpc) is 2.50. The number of nitrogens with one attached hydrogen (secondary N) is 1. The second kappa shape index (κ2) is 7.12. The SMILES string of the molecule is CCc1ccc(NC(=O)C(C)Oc2ccc(C)cc2C)cc1. The van der Waals surface area contributed by atoms with Crippen LogP contribution in [0.1, 0.15) is 30.5 Å². The van der Waals surface area contributed by atoms with Gasteiger partial charge in [-0.3, -0.25) is 4.79 Å². The largest absolute Gasteiger partial charge is 0.481 e. The Hall–Kier alpha value is -2.29. The van der Waals surface area contributed by atoms with Gasteiger partial charge in [-0.05, 0) is 56.5 Å². The monoisotopic (exact) mass is 297 g/mol. The van der Waals surface area contributed by atoms with Crippen molar-refractivity contribution in [2.75, 3.05) is 5.32 Å². The molecule has 22 heavy (non-hydrogen) atoms. The summed E-state index contributed by atoms with van der Waals surface area (Å²) in [5, 5.41) is 2.88.